The first kappa shape index (κ1) is 12.0. The average molecular weight is 252 g/mol. The quantitative estimate of drug-likeness (QED) is 0.779. The first-order valence-electron chi connectivity index (χ1n) is 6.78. The van der Waals surface area contributed by atoms with Crippen LogP contribution >= 0.6 is 0 Å². The molecule has 3 aliphatic heterocycles. The molecule has 18 heavy (non-hydrogen) atoms. The molecule has 5 nitrogen and oxygen atoms in total. The Morgan fingerprint density at radius 3 is 2.83 bits per heavy atom. The monoisotopic (exact) mass is 252 g/mol. The number of carboxylic acid groups (broad SMARTS) is 1. The molecule has 3 heterocycles. The van der Waals surface area contributed by atoms with E-state index >= 15 is 0 Å². The van der Waals surface area contributed by atoms with Crippen LogP contribution in [-0.2, 0) is 9.59 Å². The Hall–Kier alpha value is -1.10. The lowest BCUT2D eigenvalue weighted by Gasteiger charge is -2.29. The van der Waals surface area contributed by atoms with Gasteiger partial charge in [-0.15, -0.1) is 0 Å². The molecule has 3 aliphatic rings. The maximum atomic E-state index is 11.9. The van der Waals surface area contributed by atoms with Crippen LogP contribution in [0.25, 0.3) is 0 Å². The van der Waals surface area contributed by atoms with Crippen molar-refractivity contribution in [2.75, 3.05) is 19.6 Å². The van der Waals surface area contributed by atoms with E-state index in [2.05, 4.69) is 4.90 Å². The molecular formula is C13H20N2O3. The zero-order chi connectivity index (χ0) is 12.9. The van der Waals surface area contributed by atoms with E-state index in [4.69, 9.17) is 0 Å². The highest BCUT2D eigenvalue weighted by atomic mass is 16.4. The predicted molar refractivity (Wildman–Crippen MR) is 65.1 cm³/mol. The molecule has 5 heteroatoms. The Bertz CT molecular complexity index is 398. The lowest BCUT2D eigenvalue weighted by atomic mass is 9.90. The molecule has 1 N–H and O–H groups in total. The molecular weight excluding hydrogens is 232 g/mol. The molecule has 3 atom stereocenters. The minimum absolute atomic E-state index is 0.251. The smallest absolute Gasteiger partial charge is 0.310 e. The van der Waals surface area contributed by atoms with Crippen molar-refractivity contribution < 1.29 is 14.7 Å². The van der Waals surface area contributed by atoms with Crippen LogP contribution in [0.1, 0.15) is 32.6 Å². The zero-order valence-electron chi connectivity index (χ0n) is 10.8. The summed E-state index contributed by atoms with van der Waals surface area (Å²) in [5, 5.41) is 9.27. The predicted octanol–water partition coefficient (Wildman–Crippen LogP) is 0.546. The second-order valence-corrected chi connectivity index (χ2v) is 6.15. The van der Waals surface area contributed by atoms with Crippen LogP contribution in [0.5, 0.6) is 0 Å². The summed E-state index contributed by atoms with van der Waals surface area (Å²) >= 11 is 0. The summed E-state index contributed by atoms with van der Waals surface area (Å²) < 4.78 is 0. The highest BCUT2D eigenvalue weighted by molar-refractivity contribution is 5.80. The standard InChI is InChI=1S/C13H20N2O3/c1-13(12(17)18)4-6-14(8-13)10-7-11(16)15-5-2-3-9(10)15/h9-10H,2-8H2,1H3,(H,17,18). The van der Waals surface area contributed by atoms with Crippen molar-refractivity contribution in [2.45, 2.75) is 44.7 Å². The summed E-state index contributed by atoms with van der Waals surface area (Å²) in [6.45, 7) is 4.11. The van der Waals surface area contributed by atoms with E-state index in [0.29, 0.717) is 25.4 Å². The highest BCUT2D eigenvalue weighted by Gasteiger charge is 2.49. The maximum absolute atomic E-state index is 11.9. The molecule has 0 aromatic heterocycles. The van der Waals surface area contributed by atoms with E-state index in [1.807, 2.05) is 11.8 Å². The van der Waals surface area contributed by atoms with Gasteiger partial charge in [-0.05, 0) is 32.7 Å². The third-order valence-electron chi connectivity index (χ3n) is 4.94. The number of amides is 1. The Labute approximate surface area is 107 Å². The number of aliphatic carboxylic acids is 1. The van der Waals surface area contributed by atoms with Gasteiger partial charge in [0.05, 0.1) is 5.41 Å². The fourth-order valence-corrected chi connectivity index (χ4v) is 3.76. The van der Waals surface area contributed by atoms with Gasteiger partial charge in [0.25, 0.3) is 0 Å². The van der Waals surface area contributed by atoms with Gasteiger partial charge in [0.2, 0.25) is 5.91 Å². The van der Waals surface area contributed by atoms with Gasteiger partial charge in [-0.25, -0.2) is 0 Å². The molecule has 0 radical (unpaired) electrons. The Morgan fingerprint density at radius 1 is 1.39 bits per heavy atom. The van der Waals surface area contributed by atoms with Crippen molar-refractivity contribution in [1.82, 2.24) is 9.80 Å². The number of rotatable bonds is 2. The van der Waals surface area contributed by atoms with E-state index in [1.165, 1.54) is 0 Å². The van der Waals surface area contributed by atoms with Crippen molar-refractivity contribution in [3.8, 4) is 0 Å². The molecule has 3 saturated heterocycles. The van der Waals surface area contributed by atoms with E-state index in [0.717, 1.165) is 25.9 Å². The highest BCUT2D eigenvalue weighted by Crippen LogP contribution is 2.38. The van der Waals surface area contributed by atoms with Crippen molar-refractivity contribution in [1.29, 1.82) is 0 Å². The SMILES string of the molecule is CC1(C(=O)O)CCN(C2CC(=O)N3CCCC23)C1. The molecule has 0 bridgehead atoms. The van der Waals surface area contributed by atoms with Crippen molar-refractivity contribution >= 4 is 11.9 Å². The third-order valence-corrected chi connectivity index (χ3v) is 4.94. The van der Waals surface area contributed by atoms with Crippen molar-refractivity contribution in [3.05, 3.63) is 0 Å². The Balaban J connectivity index is 1.74. The van der Waals surface area contributed by atoms with E-state index in [1.54, 1.807) is 0 Å². The molecule has 3 unspecified atom stereocenters. The number of carbonyl (C=O) groups is 2. The van der Waals surface area contributed by atoms with Crippen LogP contribution in [0.4, 0.5) is 0 Å². The van der Waals surface area contributed by atoms with Gasteiger partial charge in [-0.3, -0.25) is 14.5 Å². The van der Waals surface area contributed by atoms with Crippen molar-refractivity contribution in [3.63, 3.8) is 0 Å². The van der Waals surface area contributed by atoms with Crippen LogP contribution in [0.3, 0.4) is 0 Å². The molecule has 100 valence electrons. The molecule has 0 aliphatic carbocycles. The van der Waals surface area contributed by atoms with E-state index < -0.39 is 11.4 Å². The number of fused-ring (bicyclic) bond motifs is 1. The van der Waals surface area contributed by atoms with Gasteiger partial charge in [0.15, 0.2) is 0 Å². The van der Waals surface area contributed by atoms with Crippen molar-refractivity contribution in [2.24, 2.45) is 5.41 Å². The summed E-state index contributed by atoms with van der Waals surface area (Å²) in [5.41, 5.74) is -0.630. The number of hydrogen-bond donors (Lipinski definition) is 1. The summed E-state index contributed by atoms with van der Waals surface area (Å²) in [6, 6.07) is 0.592. The Morgan fingerprint density at radius 2 is 2.17 bits per heavy atom. The molecule has 3 rings (SSSR count). The largest absolute Gasteiger partial charge is 0.481 e. The molecule has 0 spiro atoms. The number of likely N-dealkylation sites (tertiary alicyclic amines) is 1. The molecule has 0 aromatic carbocycles. The number of hydrogen-bond acceptors (Lipinski definition) is 3. The zero-order valence-corrected chi connectivity index (χ0v) is 10.8. The third kappa shape index (κ3) is 1.64. The number of carbonyl (C=O) groups excluding carboxylic acids is 1. The second kappa shape index (κ2) is 3.95. The molecule has 1 amide bonds. The molecule has 0 aromatic rings. The lowest BCUT2D eigenvalue weighted by Crippen LogP contribution is -2.43. The van der Waals surface area contributed by atoms with Crippen LogP contribution in [0, 0.1) is 5.41 Å². The second-order valence-electron chi connectivity index (χ2n) is 6.15. The normalized spacial score (nSPS) is 40.5. The first-order chi connectivity index (χ1) is 8.51. The Kier molecular flexibility index (Phi) is 2.62. The van der Waals surface area contributed by atoms with Gasteiger partial charge in [-0.2, -0.15) is 0 Å². The van der Waals surface area contributed by atoms with Gasteiger partial charge in [-0.1, -0.05) is 0 Å². The van der Waals surface area contributed by atoms with Crippen LogP contribution in [0.15, 0.2) is 0 Å². The molecule has 3 fully saturated rings. The minimum Gasteiger partial charge on any atom is -0.481 e. The lowest BCUT2D eigenvalue weighted by molar-refractivity contribution is -0.147. The maximum Gasteiger partial charge on any atom is 0.310 e. The van der Waals surface area contributed by atoms with Gasteiger partial charge >= 0.3 is 5.97 Å². The summed E-state index contributed by atoms with van der Waals surface area (Å²) in [4.78, 5) is 27.4. The van der Waals surface area contributed by atoms with Gasteiger partial charge < -0.3 is 10.0 Å². The van der Waals surface area contributed by atoms with Crippen LogP contribution in [0.2, 0.25) is 0 Å². The minimum atomic E-state index is -0.711. The first-order valence-corrected chi connectivity index (χ1v) is 6.78. The number of nitrogens with zero attached hydrogens (tertiary/aromatic N) is 2. The average Bonchev–Trinajstić information content (AvgIpc) is 2.97. The topological polar surface area (TPSA) is 60.9 Å². The summed E-state index contributed by atoms with van der Waals surface area (Å²) in [5.74, 6) is -0.455. The molecule has 0 saturated carbocycles. The van der Waals surface area contributed by atoms with Gasteiger partial charge in [0.1, 0.15) is 0 Å². The fraction of sp³-hybridized carbons (Fsp3) is 0.846. The number of carboxylic acids is 1. The van der Waals surface area contributed by atoms with Crippen LogP contribution < -0.4 is 0 Å². The van der Waals surface area contributed by atoms with Crippen LogP contribution in [-0.4, -0.2) is 58.5 Å². The summed E-state index contributed by atoms with van der Waals surface area (Å²) in [6.07, 6.45) is 3.45. The summed E-state index contributed by atoms with van der Waals surface area (Å²) in [7, 11) is 0. The van der Waals surface area contributed by atoms with E-state index in [-0.39, 0.29) is 11.9 Å². The fourth-order valence-electron chi connectivity index (χ4n) is 3.76. The van der Waals surface area contributed by atoms with E-state index in [9.17, 15) is 14.7 Å². The van der Waals surface area contributed by atoms with Gasteiger partial charge in [0, 0.05) is 31.6 Å².